The lowest BCUT2D eigenvalue weighted by Crippen LogP contribution is -2.13. The maximum Gasteiger partial charge on any atom is 0.209 e. The molecule has 0 saturated carbocycles. The summed E-state index contributed by atoms with van der Waals surface area (Å²) in [7, 11) is 0. The van der Waals surface area contributed by atoms with Gasteiger partial charge in [0.2, 0.25) is 5.13 Å². The van der Waals surface area contributed by atoms with Crippen LogP contribution in [0.5, 0.6) is 0 Å². The van der Waals surface area contributed by atoms with Gasteiger partial charge in [-0.25, -0.2) is 4.98 Å². The molecular weight excluding hydrogens is 244 g/mol. The molecule has 2 aromatic heterocycles. The van der Waals surface area contributed by atoms with Crippen molar-refractivity contribution in [2.24, 2.45) is 5.92 Å². The fraction of sp³-hybridized carbons (Fsp3) is 0.462. The highest BCUT2D eigenvalue weighted by atomic mass is 32.1. The lowest BCUT2D eigenvalue weighted by Gasteiger charge is -2.14. The Bertz CT molecular complexity index is 549. The number of hydrogen-bond acceptors (Lipinski definition) is 5. The predicted molar refractivity (Wildman–Crippen MR) is 73.4 cm³/mol. The number of pyridine rings is 1. The molecule has 1 aliphatic heterocycles. The molecule has 4 nitrogen and oxygen atoms in total. The van der Waals surface area contributed by atoms with Crippen LogP contribution in [0, 0.1) is 5.92 Å². The lowest BCUT2D eigenvalue weighted by molar-refractivity contribution is 0.627. The van der Waals surface area contributed by atoms with Crippen LogP contribution < -0.4 is 4.90 Å². The summed E-state index contributed by atoms with van der Waals surface area (Å²) in [5.74, 6) is 1.56. The fourth-order valence-electron chi connectivity index (χ4n) is 2.23. The van der Waals surface area contributed by atoms with Crippen molar-refractivity contribution in [2.75, 3.05) is 11.4 Å². The molecule has 0 aliphatic carbocycles. The van der Waals surface area contributed by atoms with Gasteiger partial charge in [-0.05, 0) is 24.0 Å². The van der Waals surface area contributed by atoms with E-state index in [1.54, 1.807) is 0 Å². The van der Waals surface area contributed by atoms with Crippen molar-refractivity contribution in [1.82, 2.24) is 14.3 Å². The summed E-state index contributed by atoms with van der Waals surface area (Å²) in [6, 6.07) is 2.06. The van der Waals surface area contributed by atoms with Crippen LogP contribution in [-0.2, 0) is 12.8 Å². The van der Waals surface area contributed by atoms with E-state index >= 15 is 0 Å². The molecule has 0 atom stereocenters. The Kier molecular flexibility index (Phi) is 2.99. The molecule has 18 heavy (non-hydrogen) atoms. The number of rotatable bonds is 3. The summed E-state index contributed by atoms with van der Waals surface area (Å²) >= 11 is 1.50. The van der Waals surface area contributed by atoms with Crippen molar-refractivity contribution in [1.29, 1.82) is 0 Å². The number of nitrogens with zero attached hydrogens (tertiary/aromatic N) is 4. The van der Waals surface area contributed by atoms with Crippen molar-refractivity contribution in [3.63, 3.8) is 0 Å². The first-order valence-electron chi connectivity index (χ1n) is 6.27. The highest BCUT2D eigenvalue weighted by Gasteiger charge is 2.23. The Hall–Kier alpha value is -1.49. The average molecular weight is 260 g/mol. The Morgan fingerprint density at radius 1 is 1.44 bits per heavy atom. The van der Waals surface area contributed by atoms with Crippen molar-refractivity contribution in [2.45, 2.75) is 26.7 Å². The molecule has 0 N–H and O–H groups in total. The van der Waals surface area contributed by atoms with Gasteiger partial charge in [0.05, 0.1) is 0 Å². The van der Waals surface area contributed by atoms with Gasteiger partial charge in [-0.3, -0.25) is 4.98 Å². The highest BCUT2D eigenvalue weighted by Crippen LogP contribution is 2.34. The second kappa shape index (κ2) is 4.65. The van der Waals surface area contributed by atoms with Crippen LogP contribution in [0.4, 0.5) is 10.8 Å². The van der Waals surface area contributed by atoms with Crippen molar-refractivity contribution in [3.05, 3.63) is 29.8 Å². The van der Waals surface area contributed by atoms with Crippen LogP contribution in [-0.4, -0.2) is 20.9 Å². The molecule has 0 amide bonds. The van der Waals surface area contributed by atoms with E-state index in [2.05, 4.69) is 39.2 Å². The third kappa shape index (κ3) is 2.10. The molecule has 0 fully saturated rings. The SMILES string of the molecule is CC(C)Cc1nsc(N2CCc3cnccc32)n1. The molecule has 0 bridgehead atoms. The van der Waals surface area contributed by atoms with Gasteiger partial charge in [0.25, 0.3) is 0 Å². The zero-order valence-corrected chi connectivity index (χ0v) is 11.4. The maximum atomic E-state index is 4.64. The van der Waals surface area contributed by atoms with Gasteiger partial charge < -0.3 is 4.90 Å². The van der Waals surface area contributed by atoms with Crippen LogP contribution in [0.25, 0.3) is 0 Å². The summed E-state index contributed by atoms with van der Waals surface area (Å²) in [5.41, 5.74) is 2.54. The third-order valence-corrected chi connectivity index (χ3v) is 3.83. The second-order valence-corrected chi connectivity index (χ2v) is 5.73. The van der Waals surface area contributed by atoms with Crippen molar-refractivity contribution < 1.29 is 0 Å². The molecule has 1 aliphatic rings. The molecular formula is C13H16N4S. The molecule has 0 unspecified atom stereocenters. The van der Waals surface area contributed by atoms with Crippen LogP contribution in [0.3, 0.4) is 0 Å². The summed E-state index contributed by atoms with van der Waals surface area (Å²) in [5, 5.41) is 1.01. The quantitative estimate of drug-likeness (QED) is 0.851. The van der Waals surface area contributed by atoms with Crippen molar-refractivity contribution >= 4 is 22.4 Å². The van der Waals surface area contributed by atoms with E-state index in [0.717, 1.165) is 30.3 Å². The molecule has 0 radical (unpaired) electrons. The first-order chi connectivity index (χ1) is 8.74. The molecule has 94 valence electrons. The summed E-state index contributed by atoms with van der Waals surface area (Å²) in [6.07, 6.45) is 5.79. The van der Waals surface area contributed by atoms with E-state index in [1.807, 2.05) is 12.4 Å². The number of anilines is 2. The van der Waals surface area contributed by atoms with Crippen molar-refractivity contribution in [3.8, 4) is 0 Å². The van der Waals surface area contributed by atoms with E-state index in [4.69, 9.17) is 0 Å². The Labute approximate surface area is 111 Å². The Balaban J connectivity index is 1.86. The number of fused-ring (bicyclic) bond motifs is 1. The maximum absolute atomic E-state index is 4.64. The van der Waals surface area contributed by atoms with Gasteiger partial charge in [0.1, 0.15) is 5.82 Å². The average Bonchev–Trinajstić information content (AvgIpc) is 2.94. The van der Waals surface area contributed by atoms with Gasteiger partial charge in [-0.1, -0.05) is 13.8 Å². The second-order valence-electron chi connectivity index (χ2n) is 5.00. The topological polar surface area (TPSA) is 41.9 Å². The summed E-state index contributed by atoms with van der Waals surface area (Å²) in [6.45, 7) is 5.37. The Morgan fingerprint density at radius 2 is 2.33 bits per heavy atom. The molecule has 0 spiro atoms. The van der Waals surface area contributed by atoms with Gasteiger partial charge in [0, 0.05) is 42.6 Å². The van der Waals surface area contributed by atoms with Crippen LogP contribution in [0.15, 0.2) is 18.5 Å². The number of hydrogen-bond donors (Lipinski definition) is 0. The minimum absolute atomic E-state index is 0.600. The van der Waals surface area contributed by atoms with E-state index in [-0.39, 0.29) is 0 Å². The first-order valence-corrected chi connectivity index (χ1v) is 7.04. The first kappa shape index (κ1) is 11.6. The largest absolute Gasteiger partial charge is 0.316 e. The van der Waals surface area contributed by atoms with Gasteiger partial charge >= 0.3 is 0 Å². The Morgan fingerprint density at radius 3 is 3.17 bits per heavy atom. The molecule has 5 heteroatoms. The molecule has 0 saturated heterocycles. The zero-order chi connectivity index (χ0) is 12.5. The monoisotopic (exact) mass is 260 g/mol. The normalized spacial score (nSPS) is 14.3. The molecule has 3 rings (SSSR count). The van der Waals surface area contributed by atoms with E-state index in [9.17, 15) is 0 Å². The standard InChI is InChI=1S/C13H16N4S/c1-9(2)7-12-15-13(18-16-12)17-6-4-10-8-14-5-3-11(10)17/h3,5,8-9H,4,6-7H2,1-2H3. The summed E-state index contributed by atoms with van der Waals surface area (Å²) in [4.78, 5) is 11.1. The van der Waals surface area contributed by atoms with Crippen LogP contribution in [0.1, 0.15) is 25.2 Å². The number of aromatic nitrogens is 3. The van der Waals surface area contributed by atoms with Gasteiger partial charge in [-0.2, -0.15) is 4.37 Å². The minimum Gasteiger partial charge on any atom is -0.316 e. The predicted octanol–water partition coefficient (Wildman–Crippen LogP) is 2.83. The summed E-state index contributed by atoms with van der Waals surface area (Å²) < 4.78 is 4.45. The highest BCUT2D eigenvalue weighted by molar-refractivity contribution is 7.09. The van der Waals surface area contributed by atoms with Crippen LogP contribution >= 0.6 is 11.5 Å². The zero-order valence-electron chi connectivity index (χ0n) is 10.6. The minimum atomic E-state index is 0.600. The fourth-order valence-corrected chi connectivity index (χ4v) is 2.97. The third-order valence-electron chi connectivity index (χ3n) is 3.05. The molecule has 3 heterocycles. The molecule has 2 aromatic rings. The lowest BCUT2D eigenvalue weighted by atomic mass is 10.1. The van der Waals surface area contributed by atoms with E-state index in [1.165, 1.54) is 22.8 Å². The van der Waals surface area contributed by atoms with Crippen LogP contribution in [0.2, 0.25) is 0 Å². The smallest absolute Gasteiger partial charge is 0.209 e. The van der Waals surface area contributed by atoms with Gasteiger partial charge in [-0.15, -0.1) is 0 Å². The molecule has 0 aromatic carbocycles. The van der Waals surface area contributed by atoms with E-state index in [0.29, 0.717) is 5.92 Å². The van der Waals surface area contributed by atoms with Gasteiger partial charge in [0.15, 0.2) is 0 Å². The van der Waals surface area contributed by atoms with E-state index < -0.39 is 0 Å².